The summed E-state index contributed by atoms with van der Waals surface area (Å²) in [6, 6.07) is 5.72. The Hall–Kier alpha value is -1.79. The van der Waals surface area contributed by atoms with E-state index in [1.165, 1.54) is 0 Å². The van der Waals surface area contributed by atoms with Crippen molar-refractivity contribution in [1.82, 2.24) is 20.0 Å². The number of methoxy groups -OCH3 is 1. The van der Waals surface area contributed by atoms with Crippen molar-refractivity contribution in [2.45, 2.75) is 19.9 Å². The lowest BCUT2D eigenvalue weighted by atomic mass is 10.4. The van der Waals surface area contributed by atoms with Gasteiger partial charge in [-0.15, -0.1) is 5.10 Å². The SMILES string of the molecule is COCn1cc(COCc2ccccn2)nn1. The van der Waals surface area contributed by atoms with Gasteiger partial charge in [0.2, 0.25) is 0 Å². The maximum absolute atomic E-state index is 5.48. The molecule has 0 spiro atoms. The van der Waals surface area contributed by atoms with E-state index in [9.17, 15) is 0 Å². The van der Waals surface area contributed by atoms with Crippen LogP contribution in [0.4, 0.5) is 0 Å². The fourth-order valence-corrected chi connectivity index (χ4v) is 1.34. The van der Waals surface area contributed by atoms with Crippen LogP contribution in [0.25, 0.3) is 0 Å². The average Bonchev–Trinajstić information content (AvgIpc) is 2.79. The monoisotopic (exact) mass is 234 g/mol. The van der Waals surface area contributed by atoms with Crippen molar-refractivity contribution >= 4 is 0 Å². The van der Waals surface area contributed by atoms with Gasteiger partial charge in [-0.2, -0.15) is 0 Å². The van der Waals surface area contributed by atoms with Gasteiger partial charge < -0.3 is 9.47 Å². The van der Waals surface area contributed by atoms with Gasteiger partial charge >= 0.3 is 0 Å². The zero-order valence-electron chi connectivity index (χ0n) is 9.61. The zero-order chi connectivity index (χ0) is 11.9. The minimum atomic E-state index is 0.396. The third-order valence-corrected chi connectivity index (χ3v) is 2.07. The first kappa shape index (κ1) is 11.7. The van der Waals surface area contributed by atoms with Gasteiger partial charge in [-0.1, -0.05) is 11.3 Å². The van der Waals surface area contributed by atoms with Crippen LogP contribution < -0.4 is 0 Å². The molecule has 0 unspecified atom stereocenters. The van der Waals surface area contributed by atoms with Crippen molar-refractivity contribution in [2.24, 2.45) is 0 Å². The maximum atomic E-state index is 5.48. The lowest BCUT2D eigenvalue weighted by Crippen LogP contribution is -1.99. The van der Waals surface area contributed by atoms with Gasteiger partial charge in [0.1, 0.15) is 12.4 Å². The molecule has 2 aromatic heterocycles. The molecular formula is C11H14N4O2. The van der Waals surface area contributed by atoms with Crippen LogP contribution in [0, 0.1) is 0 Å². The summed E-state index contributed by atoms with van der Waals surface area (Å²) in [5.74, 6) is 0. The average molecular weight is 234 g/mol. The number of rotatable bonds is 6. The molecule has 0 amide bonds. The molecule has 0 bridgehead atoms. The second-order valence-electron chi connectivity index (χ2n) is 3.48. The molecule has 0 saturated heterocycles. The van der Waals surface area contributed by atoms with Crippen molar-refractivity contribution in [1.29, 1.82) is 0 Å². The highest BCUT2D eigenvalue weighted by molar-refractivity contribution is 5.02. The van der Waals surface area contributed by atoms with Crippen LogP contribution in [-0.4, -0.2) is 27.1 Å². The van der Waals surface area contributed by atoms with E-state index in [-0.39, 0.29) is 0 Å². The van der Waals surface area contributed by atoms with E-state index in [1.54, 1.807) is 24.2 Å². The van der Waals surface area contributed by atoms with Crippen molar-refractivity contribution in [3.8, 4) is 0 Å². The van der Waals surface area contributed by atoms with Crippen LogP contribution in [0.2, 0.25) is 0 Å². The quantitative estimate of drug-likeness (QED) is 0.746. The van der Waals surface area contributed by atoms with Crippen LogP contribution in [0.3, 0.4) is 0 Å². The summed E-state index contributed by atoms with van der Waals surface area (Å²) in [5, 5.41) is 7.83. The van der Waals surface area contributed by atoms with Gasteiger partial charge in [-0.05, 0) is 12.1 Å². The van der Waals surface area contributed by atoms with Crippen LogP contribution in [-0.2, 0) is 29.4 Å². The Morgan fingerprint density at radius 3 is 2.88 bits per heavy atom. The summed E-state index contributed by atoms with van der Waals surface area (Å²) >= 11 is 0. The molecule has 2 aromatic rings. The minimum Gasteiger partial charge on any atom is -0.369 e. The molecule has 2 rings (SSSR count). The smallest absolute Gasteiger partial charge is 0.140 e. The molecule has 0 atom stereocenters. The first-order chi connectivity index (χ1) is 8.38. The third-order valence-electron chi connectivity index (χ3n) is 2.07. The number of aromatic nitrogens is 4. The fraction of sp³-hybridized carbons (Fsp3) is 0.364. The minimum absolute atomic E-state index is 0.396. The number of ether oxygens (including phenoxy) is 2. The van der Waals surface area contributed by atoms with E-state index in [1.807, 2.05) is 18.2 Å². The van der Waals surface area contributed by atoms with E-state index >= 15 is 0 Å². The predicted octanol–water partition coefficient (Wildman–Crippen LogP) is 0.994. The summed E-state index contributed by atoms with van der Waals surface area (Å²) in [6.45, 7) is 1.28. The molecular weight excluding hydrogens is 220 g/mol. The Bertz CT molecular complexity index is 444. The van der Waals surface area contributed by atoms with E-state index in [4.69, 9.17) is 9.47 Å². The molecule has 0 fully saturated rings. The molecule has 2 heterocycles. The first-order valence-corrected chi connectivity index (χ1v) is 5.24. The Balaban J connectivity index is 1.78. The molecule has 0 aromatic carbocycles. The second kappa shape index (κ2) is 6.07. The maximum Gasteiger partial charge on any atom is 0.140 e. The molecule has 0 aliphatic heterocycles. The Labute approximate surface area is 99.2 Å². The Kier molecular flexibility index (Phi) is 4.17. The lowest BCUT2D eigenvalue weighted by Gasteiger charge is -2.00. The van der Waals surface area contributed by atoms with Crippen LogP contribution >= 0.6 is 0 Å². The van der Waals surface area contributed by atoms with Crippen molar-refractivity contribution in [3.63, 3.8) is 0 Å². The topological polar surface area (TPSA) is 62.1 Å². The summed E-state index contributed by atoms with van der Waals surface area (Å²) in [6.07, 6.45) is 3.54. The molecule has 90 valence electrons. The molecule has 0 aliphatic carbocycles. The summed E-state index contributed by atoms with van der Waals surface area (Å²) in [5.41, 5.74) is 1.68. The van der Waals surface area contributed by atoms with E-state index < -0.39 is 0 Å². The van der Waals surface area contributed by atoms with E-state index in [0.29, 0.717) is 19.9 Å². The third kappa shape index (κ3) is 3.61. The largest absolute Gasteiger partial charge is 0.369 e. The Morgan fingerprint density at radius 2 is 2.12 bits per heavy atom. The second-order valence-corrected chi connectivity index (χ2v) is 3.48. The molecule has 0 saturated carbocycles. The summed E-state index contributed by atoms with van der Waals surface area (Å²) < 4.78 is 12.0. The summed E-state index contributed by atoms with van der Waals surface area (Å²) in [7, 11) is 1.61. The van der Waals surface area contributed by atoms with Gasteiger partial charge in [0.25, 0.3) is 0 Å². The van der Waals surface area contributed by atoms with E-state index in [0.717, 1.165) is 11.4 Å². The number of pyridine rings is 1. The lowest BCUT2D eigenvalue weighted by molar-refractivity contribution is 0.101. The number of hydrogen-bond acceptors (Lipinski definition) is 5. The van der Waals surface area contributed by atoms with Crippen molar-refractivity contribution < 1.29 is 9.47 Å². The van der Waals surface area contributed by atoms with Crippen LogP contribution in [0.5, 0.6) is 0 Å². The summed E-state index contributed by atoms with van der Waals surface area (Å²) in [4.78, 5) is 4.16. The van der Waals surface area contributed by atoms with Gasteiger partial charge in [0, 0.05) is 13.3 Å². The normalized spacial score (nSPS) is 10.6. The highest BCUT2D eigenvalue weighted by atomic mass is 16.5. The molecule has 17 heavy (non-hydrogen) atoms. The van der Waals surface area contributed by atoms with Gasteiger partial charge in [-0.25, -0.2) is 4.68 Å². The number of nitrogens with zero attached hydrogens (tertiary/aromatic N) is 4. The molecule has 0 N–H and O–H groups in total. The molecule has 0 radical (unpaired) electrons. The van der Waals surface area contributed by atoms with Gasteiger partial charge in [-0.3, -0.25) is 4.98 Å². The highest BCUT2D eigenvalue weighted by Crippen LogP contribution is 2.01. The standard InChI is InChI=1S/C11H14N4O2/c1-16-9-15-6-11(13-14-15)8-17-7-10-4-2-3-5-12-10/h2-6H,7-9H2,1H3. The van der Waals surface area contributed by atoms with Crippen molar-refractivity contribution in [3.05, 3.63) is 42.0 Å². The fourth-order valence-electron chi connectivity index (χ4n) is 1.34. The first-order valence-electron chi connectivity index (χ1n) is 5.24. The van der Waals surface area contributed by atoms with Gasteiger partial charge in [0.15, 0.2) is 0 Å². The Morgan fingerprint density at radius 1 is 1.24 bits per heavy atom. The van der Waals surface area contributed by atoms with E-state index in [2.05, 4.69) is 15.3 Å². The van der Waals surface area contributed by atoms with Crippen molar-refractivity contribution in [2.75, 3.05) is 7.11 Å². The highest BCUT2D eigenvalue weighted by Gasteiger charge is 2.01. The van der Waals surface area contributed by atoms with Crippen LogP contribution in [0.15, 0.2) is 30.6 Å². The number of hydrogen-bond donors (Lipinski definition) is 0. The predicted molar refractivity (Wildman–Crippen MR) is 59.8 cm³/mol. The molecule has 6 heteroatoms. The van der Waals surface area contributed by atoms with Crippen LogP contribution in [0.1, 0.15) is 11.4 Å². The molecule has 6 nitrogen and oxygen atoms in total. The van der Waals surface area contributed by atoms with Gasteiger partial charge in [0.05, 0.1) is 25.1 Å². The molecule has 0 aliphatic rings. The zero-order valence-corrected chi connectivity index (χ0v) is 9.61.